The van der Waals surface area contributed by atoms with Crippen molar-refractivity contribution < 1.29 is 14.1 Å². The molecule has 0 radical (unpaired) electrons. The summed E-state index contributed by atoms with van der Waals surface area (Å²) in [7, 11) is 0. The van der Waals surface area contributed by atoms with Crippen LogP contribution in [-0.4, -0.2) is 59.6 Å². The van der Waals surface area contributed by atoms with E-state index in [4.69, 9.17) is 4.52 Å². The van der Waals surface area contributed by atoms with Crippen molar-refractivity contribution in [2.45, 2.75) is 40.0 Å². The molecule has 7 heteroatoms. The molecule has 0 aliphatic carbocycles. The summed E-state index contributed by atoms with van der Waals surface area (Å²) in [4.78, 5) is 28.9. The minimum absolute atomic E-state index is 0.0495. The third-order valence-corrected chi connectivity index (χ3v) is 5.93. The highest BCUT2D eigenvalue weighted by Crippen LogP contribution is 2.23. The average molecular weight is 413 g/mol. The predicted octanol–water partition coefficient (Wildman–Crippen LogP) is 3.13. The van der Waals surface area contributed by atoms with Gasteiger partial charge in [-0.05, 0) is 25.3 Å². The van der Waals surface area contributed by atoms with Crippen LogP contribution in [0.2, 0.25) is 0 Å². The molecule has 1 aliphatic rings. The number of urea groups is 1. The number of benzene rings is 1. The molecular weight excluding hydrogens is 380 g/mol. The lowest BCUT2D eigenvalue weighted by molar-refractivity contribution is -0.131. The smallest absolute Gasteiger partial charge is 0.317 e. The molecule has 3 rings (SSSR count). The zero-order chi connectivity index (χ0) is 21.7. The fourth-order valence-corrected chi connectivity index (χ4v) is 3.92. The highest BCUT2D eigenvalue weighted by molar-refractivity contribution is 5.80. The molecule has 3 amide bonds. The molecule has 1 saturated heterocycles. The van der Waals surface area contributed by atoms with Crippen molar-refractivity contribution in [2.75, 3.05) is 32.7 Å². The van der Waals surface area contributed by atoms with E-state index in [2.05, 4.69) is 36.5 Å². The maximum atomic E-state index is 12.7. The van der Waals surface area contributed by atoms with Gasteiger partial charge >= 0.3 is 6.03 Å². The molecule has 0 saturated carbocycles. The lowest BCUT2D eigenvalue weighted by atomic mass is 9.88. The van der Waals surface area contributed by atoms with E-state index in [-0.39, 0.29) is 17.9 Å². The van der Waals surface area contributed by atoms with E-state index < -0.39 is 0 Å². The molecular formula is C23H32N4O3. The largest absolute Gasteiger partial charge is 0.361 e. The Bertz CT molecular complexity index is 835. The minimum atomic E-state index is -0.0607. The molecule has 1 unspecified atom stereocenters. The van der Waals surface area contributed by atoms with Crippen molar-refractivity contribution in [1.82, 2.24) is 20.3 Å². The van der Waals surface area contributed by atoms with Gasteiger partial charge in [0.15, 0.2) is 0 Å². The summed E-state index contributed by atoms with van der Waals surface area (Å²) in [6.45, 7) is 10.8. The summed E-state index contributed by atoms with van der Waals surface area (Å²) in [5.41, 5.74) is 2.86. The number of hydrogen-bond donors (Lipinski definition) is 1. The molecule has 162 valence electrons. The number of carbonyl (C=O) groups excluding carboxylic acids is 2. The van der Waals surface area contributed by atoms with Crippen LogP contribution in [0.5, 0.6) is 0 Å². The second kappa shape index (κ2) is 9.78. The van der Waals surface area contributed by atoms with Crippen molar-refractivity contribution in [1.29, 1.82) is 0 Å². The van der Waals surface area contributed by atoms with Crippen molar-refractivity contribution in [3.05, 3.63) is 52.9 Å². The number of amides is 3. The van der Waals surface area contributed by atoms with E-state index in [1.165, 1.54) is 5.56 Å². The first-order valence-electron chi connectivity index (χ1n) is 10.6. The van der Waals surface area contributed by atoms with Crippen LogP contribution < -0.4 is 5.32 Å². The van der Waals surface area contributed by atoms with Crippen LogP contribution in [0.15, 0.2) is 34.9 Å². The van der Waals surface area contributed by atoms with Gasteiger partial charge in [-0.1, -0.05) is 49.3 Å². The number of hydrogen-bond acceptors (Lipinski definition) is 4. The Morgan fingerprint density at radius 1 is 1.07 bits per heavy atom. The Morgan fingerprint density at radius 2 is 1.70 bits per heavy atom. The number of piperazine rings is 1. The van der Waals surface area contributed by atoms with Crippen LogP contribution in [-0.2, 0) is 11.2 Å². The van der Waals surface area contributed by atoms with Gasteiger partial charge in [0.2, 0.25) is 5.91 Å². The summed E-state index contributed by atoms with van der Waals surface area (Å²) < 4.78 is 5.14. The second-order valence-electron chi connectivity index (χ2n) is 8.29. The lowest BCUT2D eigenvalue weighted by Gasteiger charge is -2.35. The summed E-state index contributed by atoms with van der Waals surface area (Å²) >= 11 is 0. The summed E-state index contributed by atoms with van der Waals surface area (Å²) in [5, 5.41) is 7.00. The van der Waals surface area contributed by atoms with Crippen LogP contribution in [0.4, 0.5) is 4.79 Å². The highest BCUT2D eigenvalue weighted by atomic mass is 16.5. The Labute approximate surface area is 178 Å². The second-order valence-corrected chi connectivity index (χ2v) is 8.29. The Kier molecular flexibility index (Phi) is 7.13. The predicted molar refractivity (Wildman–Crippen MR) is 115 cm³/mol. The molecule has 0 bridgehead atoms. The maximum Gasteiger partial charge on any atom is 0.317 e. The van der Waals surface area contributed by atoms with Gasteiger partial charge in [-0.2, -0.15) is 0 Å². The molecule has 30 heavy (non-hydrogen) atoms. The van der Waals surface area contributed by atoms with Gasteiger partial charge in [-0.3, -0.25) is 4.79 Å². The molecule has 1 aromatic carbocycles. The normalized spacial score (nSPS) is 15.4. The zero-order valence-electron chi connectivity index (χ0n) is 18.4. The van der Waals surface area contributed by atoms with Crippen molar-refractivity contribution in [3.8, 4) is 0 Å². The van der Waals surface area contributed by atoms with E-state index in [0.29, 0.717) is 50.8 Å². The van der Waals surface area contributed by atoms with Gasteiger partial charge in [0, 0.05) is 44.2 Å². The van der Waals surface area contributed by atoms with E-state index in [1.54, 1.807) is 4.90 Å². The van der Waals surface area contributed by atoms with Crippen LogP contribution in [0, 0.1) is 19.8 Å². The van der Waals surface area contributed by atoms with Crippen LogP contribution in [0.1, 0.15) is 42.3 Å². The van der Waals surface area contributed by atoms with Gasteiger partial charge in [0.25, 0.3) is 0 Å². The molecule has 1 fully saturated rings. The van der Waals surface area contributed by atoms with Gasteiger partial charge in [0.1, 0.15) is 5.76 Å². The van der Waals surface area contributed by atoms with Crippen LogP contribution >= 0.6 is 0 Å². The number of aryl methyl sites for hydroxylation is 2. The van der Waals surface area contributed by atoms with Gasteiger partial charge in [0.05, 0.1) is 12.1 Å². The van der Waals surface area contributed by atoms with Gasteiger partial charge in [-0.15, -0.1) is 0 Å². The number of aromatic nitrogens is 1. The SMILES string of the molecule is Cc1noc(C)c1CC(=O)N1CCN(C(=O)NCC(c2ccccc2)C(C)C)CC1. The molecule has 0 spiro atoms. The Balaban J connectivity index is 1.48. The first-order chi connectivity index (χ1) is 14.4. The molecule has 1 atom stereocenters. The fourth-order valence-electron chi connectivity index (χ4n) is 3.92. The lowest BCUT2D eigenvalue weighted by Crippen LogP contribution is -2.53. The molecule has 7 nitrogen and oxygen atoms in total. The van der Waals surface area contributed by atoms with Crippen molar-refractivity contribution >= 4 is 11.9 Å². The molecule has 1 aromatic heterocycles. The summed E-state index contributed by atoms with van der Waals surface area (Å²) in [6, 6.07) is 10.2. The Hall–Kier alpha value is -2.83. The molecule has 1 aliphatic heterocycles. The van der Waals surface area contributed by atoms with Crippen molar-refractivity contribution in [2.24, 2.45) is 5.92 Å². The monoisotopic (exact) mass is 412 g/mol. The number of rotatable bonds is 6. The van der Waals surface area contributed by atoms with Crippen LogP contribution in [0.25, 0.3) is 0 Å². The average Bonchev–Trinajstić information content (AvgIpc) is 3.06. The van der Waals surface area contributed by atoms with Crippen LogP contribution in [0.3, 0.4) is 0 Å². The quantitative estimate of drug-likeness (QED) is 0.791. The molecule has 2 aromatic rings. The summed E-state index contributed by atoms with van der Waals surface area (Å²) in [5.74, 6) is 1.44. The van der Waals surface area contributed by atoms with Crippen molar-refractivity contribution in [3.63, 3.8) is 0 Å². The third-order valence-electron chi connectivity index (χ3n) is 5.93. The standard InChI is InChI=1S/C23H32N4O3/c1-16(2)21(19-8-6-5-7-9-19)15-24-23(29)27-12-10-26(11-13-27)22(28)14-20-17(3)25-30-18(20)4/h5-9,16,21H,10-15H2,1-4H3,(H,24,29). The third kappa shape index (κ3) is 5.20. The first kappa shape index (κ1) is 21.9. The first-order valence-corrected chi connectivity index (χ1v) is 10.6. The maximum absolute atomic E-state index is 12.7. The molecule has 1 N–H and O–H groups in total. The zero-order valence-corrected chi connectivity index (χ0v) is 18.4. The molecule has 2 heterocycles. The fraction of sp³-hybridized carbons (Fsp3) is 0.522. The van der Waals surface area contributed by atoms with Gasteiger partial charge in [-0.25, -0.2) is 4.79 Å². The minimum Gasteiger partial charge on any atom is -0.361 e. The Morgan fingerprint density at radius 3 is 2.27 bits per heavy atom. The highest BCUT2D eigenvalue weighted by Gasteiger charge is 2.26. The van der Waals surface area contributed by atoms with E-state index in [9.17, 15) is 9.59 Å². The summed E-state index contributed by atoms with van der Waals surface area (Å²) in [6.07, 6.45) is 0.292. The topological polar surface area (TPSA) is 78.7 Å². The van der Waals surface area contributed by atoms with Gasteiger partial charge < -0.3 is 19.6 Å². The van der Waals surface area contributed by atoms with E-state index >= 15 is 0 Å². The number of carbonyl (C=O) groups is 2. The van der Waals surface area contributed by atoms with E-state index in [0.717, 1.165) is 11.3 Å². The van der Waals surface area contributed by atoms with E-state index in [1.807, 2.05) is 36.9 Å². The number of nitrogens with one attached hydrogen (secondary N) is 1. The number of nitrogens with zero attached hydrogens (tertiary/aromatic N) is 3.